The number of urea groups is 1. The minimum atomic E-state index is -0.136. The number of nitrogens with zero attached hydrogens (tertiary/aromatic N) is 4. The first-order chi connectivity index (χ1) is 11.7. The van der Waals surface area contributed by atoms with Crippen molar-refractivity contribution in [2.24, 2.45) is 0 Å². The first-order valence-electron chi connectivity index (χ1n) is 8.54. The summed E-state index contributed by atoms with van der Waals surface area (Å²) in [5.41, 5.74) is 0. The van der Waals surface area contributed by atoms with Gasteiger partial charge in [0.15, 0.2) is 0 Å². The maximum atomic E-state index is 12.3. The number of carbonyl (C=O) groups is 2. The van der Waals surface area contributed by atoms with Gasteiger partial charge >= 0.3 is 6.03 Å². The van der Waals surface area contributed by atoms with Crippen molar-refractivity contribution in [1.82, 2.24) is 25.3 Å². The van der Waals surface area contributed by atoms with Gasteiger partial charge in [-0.15, -0.1) is 10.2 Å². The smallest absolute Gasteiger partial charge is 0.323 e. The lowest BCUT2D eigenvalue weighted by molar-refractivity contribution is -0.122. The molecule has 0 bridgehead atoms. The molecule has 132 valence electrons. The minimum absolute atomic E-state index is 0.0521. The lowest BCUT2D eigenvalue weighted by atomic mass is 10.3. The molecular weight excluding hydrogens is 328 g/mol. The van der Waals surface area contributed by atoms with Crippen molar-refractivity contribution in [3.63, 3.8) is 0 Å². The molecule has 9 heteroatoms. The second kappa shape index (κ2) is 7.89. The number of aromatic nitrogens is 2. The van der Waals surface area contributed by atoms with Crippen molar-refractivity contribution >= 4 is 28.4 Å². The predicted molar refractivity (Wildman–Crippen MR) is 92.2 cm³/mol. The van der Waals surface area contributed by atoms with Gasteiger partial charge in [-0.25, -0.2) is 4.79 Å². The van der Waals surface area contributed by atoms with Crippen LogP contribution in [-0.4, -0.2) is 71.2 Å². The summed E-state index contributed by atoms with van der Waals surface area (Å²) in [6, 6.07) is -0.136. The molecule has 24 heavy (non-hydrogen) atoms. The lowest BCUT2D eigenvalue weighted by Crippen LogP contribution is -2.52. The van der Waals surface area contributed by atoms with Gasteiger partial charge in [0.25, 0.3) is 0 Å². The fourth-order valence-corrected chi connectivity index (χ4v) is 3.49. The fraction of sp³-hybridized carbons (Fsp3) is 0.733. The van der Waals surface area contributed by atoms with Gasteiger partial charge in [0.1, 0.15) is 5.01 Å². The summed E-state index contributed by atoms with van der Waals surface area (Å²) in [5, 5.41) is 15.5. The van der Waals surface area contributed by atoms with E-state index >= 15 is 0 Å². The summed E-state index contributed by atoms with van der Waals surface area (Å²) in [5.74, 6) is 0.603. The molecule has 1 aromatic heterocycles. The normalized spacial score (nSPS) is 18.5. The zero-order valence-corrected chi connectivity index (χ0v) is 14.8. The van der Waals surface area contributed by atoms with Gasteiger partial charge in [-0.2, -0.15) is 0 Å². The standard InChI is InChI=1S/C15H24N6O2S/c1-2-5-16-12(22)10-20-6-8-21(9-7-20)15(23)17-14-19-18-13(24-14)11-3-4-11/h11H,2-10H2,1H3,(H,16,22)(H,17,19,23). The third kappa shape index (κ3) is 4.64. The molecule has 2 fully saturated rings. The van der Waals surface area contributed by atoms with E-state index in [2.05, 4.69) is 25.7 Å². The largest absolute Gasteiger partial charge is 0.355 e. The lowest BCUT2D eigenvalue weighted by Gasteiger charge is -2.34. The number of rotatable bonds is 6. The molecule has 3 rings (SSSR count). The van der Waals surface area contributed by atoms with Crippen LogP contribution in [0.25, 0.3) is 0 Å². The van der Waals surface area contributed by atoms with Crippen LogP contribution in [0.5, 0.6) is 0 Å². The molecule has 3 amide bonds. The SMILES string of the molecule is CCCNC(=O)CN1CCN(C(=O)Nc2nnc(C3CC3)s2)CC1. The third-order valence-electron chi connectivity index (χ3n) is 4.18. The molecule has 0 aromatic carbocycles. The van der Waals surface area contributed by atoms with E-state index in [4.69, 9.17) is 0 Å². The van der Waals surface area contributed by atoms with Crippen LogP contribution in [0, 0.1) is 0 Å². The molecule has 0 spiro atoms. The van der Waals surface area contributed by atoms with E-state index in [0.29, 0.717) is 50.3 Å². The van der Waals surface area contributed by atoms with Crippen molar-refractivity contribution in [2.45, 2.75) is 32.1 Å². The minimum Gasteiger partial charge on any atom is -0.355 e. The monoisotopic (exact) mass is 352 g/mol. The number of anilines is 1. The second-order valence-corrected chi connectivity index (χ2v) is 7.27. The Labute approximate surface area is 145 Å². The van der Waals surface area contributed by atoms with Crippen LogP contribution in [0.15, 0.2) is 0 Å². The molecule has 1 aliphatic heterocycles. The van der Waals surface area contributed by atoms with E-state index < -0.39 is 0 Å². The maximum absolute atomic E-state index is 12.3. The number of piperazine rings is 1. The van der Waals surface area contributed by atoms with Crippen LogP contribution >= 0.6 is 11.3 Å². The summed E-state index contributed by atoms with van der Waals surface area (Å²) >= 11 is 1.47. The average Bonchev–Trinajstić information content (AvgIpc) is 3.33. The Morgan fingerprint density at radius 3 is 2.62 bits per heavy atom. The Hall–Kier alpha value is -1.74. The molecule has 1 aromatic rings. The van der Waals surface area contributed by atoms with Gasteiger partial charge in [-0.3, -0.25) is 15.0 Å². The number of nitrogens with one attached hydrogen (secondary N) is 2. The molecule has 0 unspecified atom stereocenters. The van der Waals surface area contributed by atoms with Crippen LogP contribution in [0.4, 0.5) is 9.93 Å². The second-order valence-electron chi connectivity index (χ2n) is 6.26. The Bertz CT molecular complexity index is 580. The average molecular weight is 352 g/mol. The van der Waals surface area contributed by atoms with Crippen LogP contribution in [0.3, 0.4) is 0 Å². The highest BCUT2D eigenvalue weighted by Crippen LogP contribution is 2.42. The Kier molecular flexibility index (Phi) is 5.62. The van der Waals surface area contributed by atoms with Gasteiger partial charge in [0.2, 0.25) is 11.0 Å². The highest BCUT2D eigenvalue weighted by Gasteiger charge is 2.28. The molecule has 1 saturated carbocycles. The van der Waals surface area contributed by atoms with E-state index in [1.54, 1.807) is 4.90 Å². The molecule has 0 atom stereocenters. The third-order valence-corrected chi connectivity index (χ3v) is 5.18. The summed E-state index contributed by atoms with van der Waals surface area (Å²) in [6.07, 6.45) is 3.29. The van der Waals surface area contributed by atoms with Crippen molar-refractivity contribution < 1.29 is 9.59 Å². The zero-order chi connectivity index (χ0) is 16.9. The molecule has 2 heterocycles. The number of hydrogen-bond acceptors (Lipinski definition) is 6. The zero-order valence-electron chi connectivity index (χ0n) is 14.0. The van der Waals surface area contributed by atoms with Crippen LogP contribution < -0.4 is 10.6 Å². The molecule has 2 aliphatic rings. The van der Waals surface area contributed by atoms with Crippen molar-refractivity contribution in [3.05, 3.63) is 5.01 Å². The van der Waals surface area contributed by atoms with E-state index in [9.17, 15) is 9.59 Å². The Morgan fingerprint density at radius 2 is 1.96 bits per heavy atom. The van der Waals surface area contributed by atoms with Crippen molar-refractivity contribution in [1.29, 1.82) is 0 Å². The van der Waals surface area contributed by atoms with Crippen LogP contribution in [0.2, 0.25) is 0 Å². The predicted octanol–water partition coefficient (Wildman–Crippen LogP) is 1.09. The molecular formula is C15H24N6O2S. The first kappa shape index (κ1) is 17.1. The van der Waals surface area contributed by atoms with Gasteiger partial charge < -0.3 is 10.2 Å². The van der Waals surface area contributed by atoms with Gasteiger partial charge in [-0.05, 0) is 19.3 Å². The summed E-state index contributed by atoms with van der Waals surface area (Å²) < 4.78 is 0. The van der Waals surface area contributed by atoms with Gasteiger partial charge in [0.05, 0.1) is 6.54 Å². The summed E-state index contributed by atoms with van der Waals surface area (Å²) in [4.78, 5) is 27.9. The Balaban J connectivity index is 1.40. The number of amides is 3. The fourth-order valence-electron chi connectivity index (χ4n) is 2.58. The van der Waals surface area contributed by atoms with Gasteiger partial charge in [0, 0.05) is 38.6 Å². The van der Waals surface area contributed by atoms with Crippen LogP contribution in [0.1, 0.15) is 37.1 Å². The van der Waals surface area contributed by atoms with Gasteiger partial charge in [-0.1, -0.05) is 18.3 Å². The molecule has 8 nitrogen and oxygen atoms in total. The quantitative estimate of drug-likeness (QED) is 0.800. The van der Waals surface area contributed by atoms with E-state index in [0.717, 1.165) is 11.4 Å². The maximum Gasteiger partial charge on any atom is 0.323 e. The molecule has 1 saturated heterocycles. The molecule has 2 N–H and O–H groups in total. The molecule has 0 radical (unpaired) electrons. The number of carbonyl (C=O) groups excluding carboxylic acids is 2. The first-order valence-corrected chi connectivity index (χ1v) is 9.35. The topological polar surface area (TPSA) is 90.5 Å². The number of hydrogen-bond donors (Lipinski definition) is 2. The summed E-state index contributed by atoms with van der Waals surface area (Å²) in [6.45, 7) is 5.78. The highest BCUT2D eigenvalue weighted by atomic mass is 32.1. The van der Waals surface area contributed by atoms with E-state index in [1.165, 1.54) is 24.2 Å². The summed E-state index contributed by atoms with van der Waals surface area (Å²) in [7, 11) is 0. The van der Waals surface area contributed by atoms with Crippen molar-refractivity contribution in [2.75, 3.05) is 44.6 Å². The highest BCUT2D eigenvalue weighted by molar-refractivity contribution is 7.15. The van der Waals surface area contributed by atoms with E-state index in [1.807, 2.05) is 6.92 Å². The Morgan fingerprint density at radius 1 is 1.21 bits per heavy atom. The molecule has 1 aliphatic carbocycles. The van der Waals surface area contributed by atoms with E-state index in [-0.39, 0.29) is 11.9 Å². The van der Waals surface area contributed by atoms with Crippen LogP contribution in [-0.2, 0) is 4.79 Å². The van der Waals surface area contributed by atoms with Crippen molar-refractivity contribution in [3.8, 4) is 0 Å².